The van der Waals surface area contributed by atoms with Crippen molar-refractivity contribution in [1.29, 1.82) is 0 Å². The lowest BCUT2D eigenvalue weighted by Crippen LogP contribution is -2.52. The van der Waals surface area contributed by atoms with Crippen LogP contribution >= 0.6 is 0 Å². The lowest BCUT2D eigenvalue weighted by Gasteiger charge is -2.38. The summed E-state index contributed by atoms with van der Waals surface area (Å²) in [4.78, 5) is 13.2. The average molecular weight is 361 g/mol. The maximum atomic E-state index is 11.8. The van der Waals surface area contributed by atoms with E-state index in [4.69, 9.17) is 0 Å². The van der Waals surface area contributed by atoms with Crippen molar-refractivity contribution in [1.82, 2.24) is 19.3 Å². The van der Waals surface area contributed by atoms with E-state index in [0.29, 0.717) is 31.4 Å². The SMILES string of the molecule is CCc1cc(NCC2CN(S(=O)(=O)CC)C2)nc(-c2ccncc2)n1. The summed E-state index contributed by atoms with van der Waals surface area (Å²) in [7, 11) is -3.06. The Labute approximate surface area is 148 Å². The van der Waals surface area contributed by atoms with E-state index in [0.717, 1.165) is 23.5 Å². The molecule has 1 aliphatic heterocycles. The van der Waals surface area contributed by atoms with Gasteiger partial charge < -0.3 is 5.32 Å². The van der Waals surface area contributed by atoms with Crippen molar-refractivity contribution >= 4 is 15.8 Å². The monoisotopic (exact) mass is 361 g/mol. The zero-order valence-corrected chi connectivity index (χ0v) is 15.3. The predicted octanol–water partition coefficient (Wildman–Crippen LogP) is 1.79. The first-order valence-electron chi connectivity index (χ1n) is 8.52. The van der Waals surface area contributed by atoms with Crippen molar-refractivity contribution in [2.75, 3.05) is 30.7 Å². The summed E-state index contributed by atoms with van der Waals surface area (Å²) in [6, 6.07) is 5.72. The van der Waals surface area contributed by atoms with Gasteiger partial charge in [-0.2, -0.15) is 0 Å². The van der Waals surface area contributed by atoms with E-state index in [2.05, 4.69) is 27.2 Å². The maximum Gasteiger partial charge on any atom is 0.213 e. The highest BCUT2D eigenvalue weighted by Gasteiger charge is 2.34. The lowest BCUT2D eigenvalue weighted by atomic mass is 10.0. The van der Waals surface area contributed by atoms with Crippen LogP contribution in [0.25, 0.3) is 11.4 Å². The number of hydrogen-bond acceptors (Lipinski definition) is 6. The number of rotatable bonds is 7. The van der Waals surface area contributed by atoms with E-state index in [-0.39, 0.29) is 5.75 Å². The second-order valence-corrected chi connectivity index (χ2v) is 8.38. The fourth-order valence-corrected chi connectivity index (χ4v) is 3.95. The molecule has 1 aliphatic rings. The van der Waals surface area contributed by atoms with Crippen LogP contribution in [-0.2, 0) is 16.4 Å². The minimum absolute atomic E-state index is 0.161. The smallest absolute Gasteiger partial charge is 0.213 e. The van der Waals surface area contributed by atoms with Crippen molar-refractivity contribution in [2.24, 2.45) is 5.92 Å². The summed E-state index contributed by atoms with van der Waals surface area (Å²) in [6.45, 7) is 5.58. The van der Waals surface area contributed by atoms with E-state index in [9.17, 15) is 8.42 Å². The minimum Gasteiger partial charge on any atom is -0.370 e. The van der Waals surface area contributed by atoms with Crippen LogP contribution in [0.2, 0.25) is 0 Å². The fraction of sp³-hybridized carbons (Fsp3) is 0.471. The number of sulfonamides is 1. The van der Waals surface area contributed by atoms with Crippen LogP contribution in [0.5, 0.6) is 0 Å². The molecule has 0 aliphatic carbocycles. The molecule has 0 unspecified atom stereocenters. The molecule has 0 saturated carbocycles. The molecule has 1 saturated heterocycles. The Balaban J connectivity index is 1.65. The summed E-state index contributed by atoms with van der Waals surface area (Å²) >= 11 is 0. The zero-order chi connectivity index (χ0) is 17.9. The van der Waals surface area contributed by atoms with Gasteiger partial charge in [0, 0.05) is 55.3 Å². The second kappa shape index (κ2) is 7.45. The summed E-state index contributed by atoms with van der Waals surface area (Å²) in [6.07, 6.45) is 4.27. The first kappa shape index (κ1) is 17.8. The van der Waals surface area contributed by atoms with E-state index >= 15 is 0 Å². The highest BCUT2D eigenvalue weighted by atomic mass is 32.2. The van der Waals surface area contributed by atoms with Gasteiger partial charge in [-0.3, -0.25) is 4.98 Å². The van der Waals surface area contributed by atoms with Crippen LogP contribution < -0.4 is 5.32 Å². The number of nitrogens with one attached hydrogen (secondary N) is 1. The zero-order valence-electron chi connectivity index (χ0n) is 14.5. The maximum absolute atomic E-state index is 11.8. The van der Waals surface area contributed by atoms with Crippen molar-refractivity contribution in [3.05, 3.63) is 36.3 Å². The first-order valence-corrected chi connectivity index (χ1v) is 10.1. The molecule has 8 heteroatoms. The highest BCUT2D eigenvalue weighted by Crippen LogP contribution is 2.22. The third-order valence-electron chi connectivity index (χ3n) is 4.33. The van der Waals surface area contributed by atoms with Gasteiger partial charge in [-0.1, -0.05) is 6.92 Å². The Hall–Kier alpha value is -2.06. The molecule has 3 heterocycles. The van der Waals surface area contributed by atoms with Crippen molar-refractivity contribution in [3.8, 4) is 11.4 Å². The Bertz CT molecular complexity index is 820. The van der Waals surface area contributed by atoms with E-state index in [1.54, 1.807) is 23.6 Å². The quantitative estimate of drug-likeness (QED) is 0.809. The van der Waals surface area contributed by atoms with Gasteiger partial charge in [0.25, 0.3) is 0 Å². The largest absolute Gasteiger partial charge is 0.370 e. The Morgan fingerprint density at radius 2 is 1.92 bits per heavy atom. The lowest BCUT2D eigenvalue weighted by molar-refractivity contribution is 0.212. The fourth-order valence-electron chi connectivity index (χ4n) is 2.71. The van der Waals surface area contributed by atoms with Gasteiger partial charge in [-0.15, -0.1) is 0 Å². The molecule has 3 rings (SSSR count). The Morgan fingerprint density at radius 1 is 1.20 bits per heavy atom. The second-order valence-electron chi connectivity index (χ2n) is 6.12. The van der Waals surface area contributed by atoms with Crippen molar-refractivity contribution in [2.45, 2.75) is 20.3 Å². The molecule has 0 atom stereocenters. The van der Waals surface area contributed by atoms with Crippen molar-refractivity contribution in [3.63, 3.8) is 0 Å². The van der Waals surface area contributed by atoms with Crippen LogP contribution in [0.4, 0.5) is 5.82 Å². The van der Waals surface area contributed by atoms with E-state index in [1.165, 1.54) is 0 Å². The van der Waals surface area contributed by atoms with Gasteiger partial charge >= 0.3 is 0 Å². The van der Waals surface area contributed by atoms with Crippen LogP contribution in [0.15, 0.2) is 30.6 Å². The summed E-state index contributed by atoms with van der Waals surface area (Å²) < 4.78 is 25.1. The molecule has 134 valence electrons. The molecular formula is C17H23N5O2S. The molecule has 0 aromatic carbocycles. The van der Waals surface area contributed by atoms with E-state index < -0.39 is 10.0 Å². The standard InChI is InChI=1S/C17H23N5O2S/c1-3-15-9-16(21-17(20-15)14-5-7-18-8-6-14)19-10-13-11-22(12-13)25(23,24)4-2/h5-9,13H,3-4,10-12H2,1-2H3,(H,19,20,21). The molecule has 0 amide bonds. The third kappa shape index (κ3) is 4.13. The summed E-state index contributed by atoms with van der Waals surface area (Å²) in [5, 5.41) is 3.33. The van der Waals surface area contributed by atoms with Crippen LogP contribution in [0, 0.1) is 5.92 Å². The molecule has 0 radical (unpaired) electrons. The molecule has 1 N–H and O–H groups in total. The van der Waals surface area contributed by atoms with Gasteiger partial charge in [0.2, 0.25) is 10.0 Å². The molecule has 2 aromatic heterocycles. The number of aromatic nitrogens is 3. The van der Waals surface area contributed by atoms with Crippen LogP contribution in [0.1, 0.15) is 19.5 Å². The average Bonchev–Trinajstić information content (AvgIpc) is 2.60. The van der Waals surface area contributed by atoms with Gasteiger partial charge in [0.1, 0.15) is 5.82 Å². The summed E-state index contributed by atoms with van der Waals surface area (Å²) in [5.74, 6) is 1.92. The van der Waals surface area contributed by atoms with E-state index in [1.807, 2.05) is 18.2 Å². The topological polar surface area (TPSA) is 88.1 Å². The number of hydrogen-bond donors (Lipinski definition) is 1. The summed E-state index contributed by atoms with van der Waals surface area (Å²) in [5.41, 5.74) is 1.89. The minimum atomic E-state index is -3.06. The van der Waals surface area contributed by atoms with Crippen molar-refractivity contribution < 1.29 is 8.42 Å². The molecule has 7 nitrogen and oxygen atoms in total. The number of aryl methyl sites for hydroxylation is 1. The normalized spacial score (nSPS) is 15.8. The number of pyridine rings is 1. The molecule has 25 heavy (non-hydrogen) atoms. The highest BCUT2D eigenvalue weighted by molar-refractivity contribution is 7.89. The van der Waals surface area contributed by atoms with Crippen LogP contribution in [0.3, 0.4) is 0 Å². The first-order chi connectivity index (χ1) is 12.0. The molecule has 0 spiro atoms. The Morgan fingerprint density at radius 3 is 2.56 bits per heavy atom. The predicted molar refractivity (Wildman–Crippen MR) is 97.7 cm³/mol. The molecule has 0 bridgehead atoms. The molecule has 1 fully saturated rings. The molecular weight excluding hydrogens is 338 g/mol. The van der Waals surface area contributed by atoms with Gasteiger partial charge in [0.05, 0.1) is 5.75 Å². The van der Waals surface area contributed by atoms with Gasteiger partial charge in [-0.25, -0.2) is 22.7 Å². The van der Waals surface area contributed by atoms with Gasteiger partial charge in [0.15, 0.2) is 5.82 Å². The van der Waals surface area contributed by atoms with Gasteiger partial charge in [-0.05, 0) is 25.5 Å². The number of anilines is 1. The molecule has 2 aromatic rings. The number of nitrogens with zero attached hydrogens (tertiary/aromatic N) is 4. The Kier molecular flexibility index (Phi) is 5.29. The van der Waals surface area contributed by atoms with Crippen LogP contribution in [-0.4, -0.2) is 53.1 Å². The third-order valence-corrected chi connectivity index (χ3v) is 6.15.